The Balaban J connectivity index is 0.00000128. The molecule has 0 atom stereocenters. The van der Waals surface area contributed by atoms with Crippen molar-refractivity contribution in [2.24, 2.45) is 0 Å². The van der Waals surface area contributed by atoms with Crippen LogP contribution in [0.2, 0.25) is 0 Å². The maximum atomic E-state index is 10.6. The van der Waals surface area contributed by atoms with Gasteiger partial charge >= 0.3 is 24.8 Å². The molecule has 1 aromatic rings. The summed E-state index contributed by atoms with van der Waals surface area (Å²) in [5.74, 6) is -0.951. The second-order valence-corrected chi connectivity index (χ2v) is 4.20. The summed E-state index contributed by atoms with van der Waals surface area (Å²) in [6.07, 6.45) is 0. The zero-order valence-corrected chi connectivity index (χ0v) is 9.00. The van der Waals surface area contributed by atoms with Crippen molar-refractivity contribution in [3.63, 3.8) is 0 Å². The van der Waals surface area contributed by atoms with Crippen molar-refractivity contribution >= 4 is 36.2 Å². The van der Waals surface area contributed by atoms with Gasteiger partial charge in [-0.1, -0.05) is 0 Å². The Morgan fingerprint density at radius 1 is 1.56 bits per heavy atom. The van der Waals surface area contributed by atoms with Crippen LogP contribution < -0.4 is 0 Å². The van der Waals surface area contributed by atoms with E-state index in [0.29, 0.717) is 6.54 Å². The third-order valence-corrected chi connectivity index (χ3v) is 3.10. The molecule has 1 fully saturated rings. The molecule has 16 heavy (non-hydrogen) atoms. The number of carboxylic acid groups (broad SMARTS) is 1. The summed E-state index contributed by atoms with van der Waals surface area (Å²) in [6.45, 7) is 3.98. The Morgan fingerprint density at radius 3 is 2.81 bits per heavy atom. The summed E-state index contributed by atoms with van der Waals surface area (Å²) in [5.41, 5.74) is 0.833. The summed E-state index contributed by atoms with van der Waals surface area (Å²) in [6, 6.07) is 0. The van der Waals surface area contributed by atoms with Crippen molar-refractivity contribution < 1.29 is 14.6 Å². The number of aromatic carboxylic acids is 1. The molecule has 84 valence electrons. The summed E-state index contributed by atoms with van der Waals surface area (Å²) in [7, 11) is 0. The average Bonchev–Trinajstić information content (AvgIpc) is 2.68. The van der Waals surface area contributed by atoms with Crippen LogP contribution in [0.15, 0.2) is 5.38 Å². The second-order valence-electron chi connectivity index (χ2n) is 3.34. The summed E-state index contributed by atoms with van der Waals surface area (Å²) in [5, 5.41) is 10.7. The van der Waals surface area contributed by atoms with Gasteiger partial charge in [-0.2, -0.15) is 0 Å². The van der Waals surface area contributed by atoms with Crippen molar-refractivity contribution in [2.45, 2.75) is 6.54 Å². The molecule has 0 bridgehead atoms. The van der Waals surface area contributed by atoms with Crippen LogP contribution in [-0.4, -0.2) is 66.1 Å². The fourth-order valence-corrected chi connectivity index (χ4v) is 2.11. The van der Waals surface area contributed by atoms with Gasteiger partial charge in [-0.15, -0.1) is 11.3 Å². The predicted octanol–water partition coefficient (Wildman–Crippen LogP) is 0.0250. The molecular formula is C9H13LiN2O3S. The van der Waals surface area contributed by atoms with Crippen LogP contribution in [0, 0.1) is 0 Å². The van der Waals surface area contributed by atoms with E-state index < -0.39 is 5.97 Å². The first-order valence-corrected chi connectivity index (χ1v) is 5.61. The maximum absolute atomic E-state index is 10.6. The molecule has 0 radical (unpaired) electrons. The van der Waals surface area contributed by atoms with Gasteiger partial charge in [0.25, 0.3) is 0 Å². The van der Waals surface area contributed by atoms with Gasteiger partial charge in [0.2, 0.25) is 5.01 Å². The van der Waals surface area contributed by atoms with Gasteiger partial charge in [-0.05, 0) is 0 Å². The average molecular weight is 236 g/mol. The summed E-state index contributed by atoms with van der Waals surface area (Å²) < 4.78 is 5.23. The molecule has 0 amide bonds. The zero-order valence-electron chi connectivity index (χ0n) is 8.18. The number of hydrogen-bond donors (Lipinski definition) is 1. The number of morpholine rings is 1. The van der Waals surface area contributed by atoms with E-state index >= 15 is 0 Å². The normalized spacial score (nSPS) is 16.8. The Morgan fingerprint density at radius 2 is 2.25 bits per heavy atom. The minimum absolute atomic E-state index is 0. The van der Waals surface area contributed by atoms with Gasteiger partial charge < -0.3 is 9.84 Å². The summed E-state index contributed by atoms with van der Waals surface area (Å²) >= 11 is 1.18. The van der Waals surface area contributed by atoms with Crippen LogP contribution in [0.1, 0.15) is 15.5 Å². The van der Waals surface area contributed by atoms with E-state index in [4.69, 9.17) is 9.84 Å². The van der Waals surface area contributed by atoms with Crippen molar-refractivity contribution in [1.29, 1.82) is 0 Å². The SMILES string of the molecule is O=C(O)c1nc(CN2CCOCC2)cs1.[LiH]. The monoisotopic (exact) mass is 236 g/mol. The van der Waals surface area contributed by atoms with E-state index in [-0.39, 0.29) is 23.9 Å². The number of ether oxygens (including phenoxy) is 1. The fourth-order valence-electron chi connectivity index (χ4n) is 1.47. The molecule has 0 aliphatic carbocycles. The number of hydrogen-bond acceptors (Lipinski definition) is 5. The van der Waals surface area contributed by atoms with Crippen LogP contribution in [0.3, 0.4) is 0 Å². The first-order chi connectivity index (χ1) is 7.25. The van der Waals surface area contributed by atoms with Crippen molar-refractivity contribution in [1.82, 2.24) is 9.88 Å². The number of carbonyl (C=O) groups is 1. The first kappa shape index (κ1) is 13.7. The minimum atomic E-state index is -0.951. The summed E-state index contributed by atoms with van der Waals surface area (Å²) in [4.78, 5) is 16.9. The number of aromatic nitrogens is 1. The molecule has 1 aromatic heterocycles. The molecule has 0 spiro atoms. The molecule has 2 heterocycles. The number of thiazole rings is 1. The molecule has 0 unspecified atom stereocenters. The Labute approximate surface area is 110 Å². The van der Waals surface area contributed by atoms with Gasteiger partial charge in [0.05, 0.1) is 18.9 Å². The predicted molar refractivity (Wildman–Crippen MR) is 62.3 cm³/mol. The second kappa shape index (κ2) is 6.38. The van der Waals surface area contributed by atoms with Gasteiger partial charge in [-0.25, -0.2) is 9.78 Å². The number of nitrogens with zero attached hydrogens (tertiary/aromatic N) is 2. The Kier molecular flexibility index (Phi) is 5.45. The Hall–Kier alpha value is -0.383. The number of carboxylic acids is 1. The van der Waals surface area contributed by atoms with Crippen LogP contribution in [0.25, 0.3) is 0 Å². The first-order valence-electron chi connectivity index (χ1n) is 4.73. The molecule has 1 saturated heterocycles. The van der Waals surface area contributed by atoms with E-state index in [1.54, 1.807) is 5.38 Å². The molecule has 1 N–H and O–H groups in total. The topological polar surface area (TPSA) is 62.7 Å². The van der Waals surface area contributed by atoms with Gasteiger partial charge in [-0.3, -0.25) is 4.90 Å². The quantitative estimate of drug-likeness (QED) is 0.750. The molecule has 0 aromatic carbocycles. The van der Waals surface area contributed by atoms with E-state index in [1.165, 1.54) is 11.3 Å². The van der Waals surface area contributed by atoms with Gasteiger partial charge in [0, 0.05) is 25.0 Å². The molecular weight excluding hydrogens is 223 g/mol. The van der Waals surface area contributed by atoms with Crippen LogP contribution in [0.4, 0.5) is 0 Å². The van der Waals surface area contributed by atoms with Gasteiger partial charge in [0.1, 0.15) is 0 Å². The fraction of sp³-hybridized carbons (Fsp3) is 0.556. The third kappa shape index (κ3) is 3.58. The van der Waals surface area contributed by atoms with Crippen molar-refractivity contribution in [2.75, 3.05) is 26.3 Å². The van der Waals surface area contributed by atoms with E-state index in [9.17, 15) is 4.79 Å². The molecule has 1 aliphatic heterocycles. The van der Waals surface area contributed by atoms with Gasteiger partial charge in [0.15, 0.2) is 0 Å². The molecule has 1 aliphatic rings. The van der Waals surface area contributed by atoms with E-state index in [0.717, 1.165) is 32.0 Å². The third-order valence-electron chi connectivity index (χ3n) is 2.22. The number of rotatable bonds is 3. The van der Waals surface area contributed by atoms with Crippen molar-refractivity contribution in [3.8, 4) is 0 Å². The zero-order chi connectivity index (χ0) is 10.7. The Bertz CT molecular complexity index is 352. The van der Waals surface area contributed by atoms with Crippen LogP contribution in [-0.2, 0) is 11.3 Å². The van der Waals surface area contributed by atoms with E-state index in [1.807, 2.05) is 0 Å². The van der Waals surface area contributed by atoms with Crippen molar-refractivity contribution in [3.05, 3.63) is 16.1 Å². The standard InChI is InChI=1S/C9H12N2O3S.Li.H/c12-9(13)8-10-7(6-15-8)5-11-1-3-14-4-2-11;;/h6H,1-5H2,(H,12,13);;. The molecule has 5 nitrogen and oxygen atoms in total. The molecule has 7 heteroatoms. The van der Waals surface area contributed by atoms with E-state index in [2.05, 4.69) is 9.88 Å². The van der Waals surface area contributed by atoms with Crippen LogP contribution >= 0.6 is 11.3 Å². The molecule has 2 rings (SSSR count). The molecule has 0 saturated carbocycles. The van der Waals surface area contributed by atoms with Crippen LogP contribution in [0.5, 0.6) is 0 Å².